The van der Waals surface area contributed by atoms with Crippen molar-refractivity contribution in [1.29, 1.82) is 0 Å². The Kier molecular flexibility index (Phi) is 9.86. The van der Waals surface area contributed by atoms with E-state index in [-0.39, 0.29) is 17.4 Å². The van der Waals surface area contributed by atoms with E-state index < -0.39 is 35.4 Å². The molecule has 0 unspecified atom stereocenters. The zero-order valence-corrected chi connectivity index (χ0v) is 20.8. The molecule has 0 spiro atoms. The monoisotopic (exact) mass is 472 g/mol. The van der Waals surface area contributed by atoms with E-state index >= 15 is 0 Å². The van der Waals surface area contributed by atoms with Gasteiger partial charge in [0, 0.05) is 24.8 Å². The molecule has 2 N–H and O–H groups in total. The van der Waals surface area contributed by atoms with Gasteiger partial charge in [-0.2, -0.15) is 0 Å². The first-order valence-corrected chi connectivity index (χ1v) is 11.5. The molecular weight excluding hydrogens is 436 g/mol. The van der Waals surface area contributed by atoms with Crippen molar-refractivity contribution in [2.45, 2.75) is 65.2 Å². The third kappa shape index (κ3) is 7.18. The fourth-order valence-electron chi connectivity index (χ4n) is 3.78. The summed E-state index contributed by atoms with van der Waals surface area (Å²) >= 11 is 0. The molecule has 0 bridgehead atoms. The van der Waals surface area contributed by atoms with E-state index in [4.69, 9.17) is 14.2 Å². The van der Waals surface area contributed by atoms with Crippen molar-refractivity contribution in [1.82, 2.24) is 10.3 Å². The van der Waals surface area contributed by atoms with Gasteiger partial charge in [0.05, 0.1) is 12.7 Å². The molecule has 8 heteroatoms. The van der Waals surface area contributed by atoms with E-state index in [1.54, 1.807) is 0 Å². The van der Waals surface area contributed by atoms with Crippen LogP contribution in [0.5, 0.6) is 11.5 Å². The molecule has 34 heavy (non-hydrogen) atoms. The molecule has 0 radical (unpaired) electrons. The van der Waals surface area contributed by atoms with Gasteiger partial charge in [-0.1, -0.05) is 37.3 Å². The number of methoxy groups -OCH3 is 1. The Bertz CT molecular complexity index is 948. The second-order valence-corrected chi connectivity index (χ2v) is 8.80. The fourth-order valence-corrected chi connectivity index (χ4v) is 3.78. The van der Waals surface area contributed by atoms with E-state index in [0.29, 0.717) is 13.0 Å². The highest BCUT2D eigenvalue weighted by atomic mass is 16.5. The van der Waals surface area contributed by atoms with Crippen molar-refractivity contribution in [3.8, 4) is 11.5 Å². The zero-order chi connectivity index (χ0) is 25.3. The van der Waals surface area contributed by atoms with E-state index in [1.165, 1.54) is 26.3 Å². The molecule has 2 rings (SSSR count). The van der Waals surface area contributed by atoms with Gasteiger partial charge in [-0.3, -0.25) is 4.79 Å². The van der Waals surface area contributed by atoms with E-state index in [0.717, 1.165) is 12.0 Å². The number of ether oxygens (including phenoxy) is 3. The van der Waals surface area contributed by atoms with Gasteiger partial charge in [-0.15, -0.1) is 0 Å². The number of nitrogens with zero attached hydrogens (tertiary/aromatic N) is 1. The van der Waals surface area contributed by atoms with Crippen molar-refractivity contribution in [3.63, 3.8) is 0 Å². The number of carbonyl (C=O) groups is 2. The molecule has 1 aromatic heterocycles. The Hall–Kier alpha value is -3.13. The maximum Gasteiger partial charge on any atom is 0.328 e. The number of amides is 1. The minimum Gasteiger partial charge on any atom is -0.503 e. The highest BCUT2D eigenvalue weighted by Crippen LogP contribution is 2.31. The van der Waals surface area contributed by atoms with Gasteiger partial charge in [0.15, 0.2) is 17.2 Å². The zero-order valence-electron chi connectivity index (χ0n) is 20.8. The number of rotatable bonds is 12. The number of carbonyl (C=O) groups excluding carboxylic acids is 2. The highest BCUT2D eigenvalue weighted by Gasteiger charge is 2.37. The molecule has 0 fully saturated rings. The van der Waals surface area contributed by atoms with Crippen LogP contribution < -0.4 is 10.1 Å². The van der Waals surface area contributed by atoms with Crippen LogP contribution in [0.15, 0.2) is 42.6 Å². The Morgan fingerprint density at radius 1 is 1.15 bits per heavy atom. The molecule has 0 saturated carbocycles. The Morgan fingerprint density at radius 2 is 1.82 bits per heavy atom. The number of aromatic nitrogens is 1. The average Bonchev–Trinajstić information content (AvgIpc) is 2.81. The topological polar surface area (TPSA) is 107 Å². The number of esters is 1. The summed E-state index contributed by atoms with van der Waals surface area (Å²) in [5.74, 6) is -1.71. The standard InChI is InChI=1S/C26H36N2O6/c1-7-15-33-26(4,5)20(16-19-11-9-8-10-12-19)18(3)34-25(31)17(2)28-24(30)22-23(29)21(32-6)13-14-27-22/h8-14,17-18,20,29H,7,15-16H2,1-6H3,(H,28,30)/t17-,18-,20-/m0/s1. The van der Waals surface area contributed by atoms with Crippen molar-refractivity contribution < 1.29 is 28.9 Å². The summed E-state index contributed by atoms with van der Waals surface area (Å²) in [4.78, 5) is 29.3. The SMILES string of the molecule is CCCOC(C)(C)[C@@H](Cc1ccccc1)[C@H](C)OC(=O)[C@H](C)NC(=O)c1nccc(OC)c1O. The van der Waals surface area contributed by atoms with Gasteiger partial charge in [0.25, 0.3) is 5.91 Å². The predicted molar refractivity (Wildman–Crippen MR) is 129 cm³/mol. The van der Waals surface area contributed by atoms with Crippen molar-refractivity contribution >= 4 is 11.9 Å². The first-order chi connectivity index (χ1) is 16.1. The van der Waals surface area contributed by atoms with Crippen LogP contribution in [0.25, 0.3) is 0 Å². The minimum atomic E-state index is -0.959. The van der Waals surface area contributed by atoms with Crippen LogP contribution in [0.4, 0.5) is 0 Å². The van der Waals surface area contributed by atoms with Crippen LogP contribution >= 0.6 is 0 Å². The molecule has 8 nitrogen and oxygen atoms in total. The number of hydrogen-bond acceptors (Lipinski definition) is 7. The van der Waals surface area contributed by atoms with Gasteiger partial charge in [-0.05, 0) is 46.1 Å². The van der Waals surface area contributed by atoms with Gasteiger partial charge in [-0.25, -0.2) is 9.78 Å². The van der Waals surface area contributed by atoms with Gasteiger partial charge >= 0.3 is 5.97 Å². The number of pyridine rings is 1. The summed E-state index contributed by atoms with van der Waals surface area (Å²) in [5.41, 5.74) is 0.335. The molecule has 0 saturated heterocycles. The van der Waals surface area contributed by atoms with Crippen LogP contribution in [0, 0.1) is 5.92 Å². The van der Waals surface area contributed by atoms with Gasteiger partial charge in [0.1, 0.15) is 12.1 Å². The van der Waals surface area contributed by atoms with Gasteiger partial charge in [0.2, 0.25) is 0 Å². The number of hydrogen-bond donors (Lipinski definition) is 2. The third-order valence-electron chi connectivity index (χ3n) is 5.76. The molecule has 1 aromatic carbocycles. The maximum absolute atomic E-state index is 12.8. The normalized spacial score (nSPS) is 14.1. The molecule has 1 heterocycles. The molecule has 2 aromatic rings. The maximum atomic E-state index is 12.8. The fraction of sp³-hybridized carbons (Fsp3) is 0.500. The van der Waals surface area contributed by atoms with Crippen LogP contribution in [0.1, 0.15) is 57.1 Å². The summed E-state index contributed by atoms with van der Waals surface area (Å²) in [6, 6.07) is 10.5. The molecule has 186 valence electrons. The summed E-state index contributed by atoms with van der Waals surface area (Å²) in [6.07, 6.45) is 2.39. The number of benzene rings is 1. The lowest BCUT2D eigenvalue weighted by atomic mass is 9.81. The second-order valence-electron chi connectivity index (χ2n) is 8.80. The molecule has 0 aliphatic carbocycles. The summed E-state index contributed by atoms with van der Waals surface area (Å²) in [7, 11) is 1.37. The van der Waals surface area contributed by atoms with Crippen LogP contribution in [-0.4, -0.2) is 53.4 Å². The Labute approximate surface area is 201 Å². The second kappa shape index (κ2) is 12.4. The smallest absolute Gasteiger partial charge is 0.328 e. The predicted octanol–water partition coefficient (Wildman–Crippen LogP) is 3.91. The summed E-state index contributed by atoms with van der Waals surface area (Å²) < 4.78 is 16.9. The minimum absolute atomic E-state index is 0.113. The van der Waals surface area contributed by atoms with Gasteiger partial charge < -0.3 is 24.6 Å². The van der Waals surface area contributed by atoms with Crippen LogP contribution in [0.2, 0.25) is 0 Å². The van der Waals surface area contributed by atoms with E-state index in [1.807, 2.05) is 58.0 Å². The Balaban J connectivity index is 2.11. The van der Waals surface area contributed by atoms with Crippen LogP contribution in [0.3, 0.4) is 0 Å². The number of aromatic hydroxyl groups is 1. The first-order valence-electron chi connectivity index (χ1n) is 11.5. The van der Waals surface area contributed by atoms with Crippen molar-refractivity contribution in [2.75, 3.05) is 13.7 Å². The van der Waals surface area contributed by atoms with Crippen molar-refractivity contribution in [2.24, 2.45) is 5.92 Å². The largest absolute Gasteiger partial charge is 0.503 e. The Morgan fingerprint density at radius 3 is 2.44 bits per heavy atom. The molecule has 3 atom stereocenters. The lowest BCUT2D eigenvalue weighted by Crippen LogP contribution is -2.46. The van der Waals surface area contributed by atoms with E-state index in [2.05, 4.69) is 10.3 Å². The lowest BCUT2D eigenvalue weighted by molar-refractivity contribution is -0.161. The molecular formula is C26H36N2O6. The molecule has 0 aliphatic heterocycles. The lowest BCUT2D eigenvalue weighted by Gasteiger charge is -2.38. The number of nitrogens with one attached hydrogen (secondary N) is 1. The van der Waals surface area contributed by atoms with E-state index in [9.17, 15) is 14.7 Å². The third-order valence-corrected chi connectivity index (χ3v) is 5.76. The summed E-state index contributed by atoms with van der Waals surface area (Å²) in [6.45, 7) is 10.0. The average molecular weight is 473 g/mol. The molecule has 1 amide bonds. The summed E-state index contributed by atoms with van der Waals surface area (Å²) in [5, 5.41) is 12.7. The van der Waals surface area contributed by atoms with Crippen molar-refractivity contribution in [3.05, 3.63) is 53.9 Å². The quantitative estimate of drug-likeness (QED) is 0.451. The highest BCUT2D eigenvalue weighted by molar-refractivity contribution is 5.97. The van der Waals surface area contributed by atoms with Crippen LogP contribution in [-0.2, 0) is 20.7 Å². The first kappa shape index (κ1) is 27.1. The molecule has 0 aliphatic rings.